The fourth-order valence-corrected chi connectivity index (χ4v) is 4.16. The lowest BCUT2D eigenvalue weighted by atomic mass is 10.1. The average Bonchev–Trinajstić information content (AvgIpc) is 2.74. The van der Waals surface area contributed by atoms with Crippen molar-refractivity contribution < 1.29 is 31.1 Å². The molecule has 3 rings (SSSR count). The summed E-state index contributed by atoms with van der Waals surface area (Å²) in [4.78, 5) is 12.3. The van der Waals surface area contributed by atoms with Gasteiger partial charge in [-0.3, -0.25) is 9.10 Å². The Morgan fingerprint density at radius 1 is 1.06 bits per heavy atom. The van der Waals surface area contributed by atoms with E-state index in [0.717, 1.165) is 29.2 Å². The van der Waals surface area contributed by atoms with E-state index in [4.69, 9.17) is 16.3 Å². The summed E-state index contributed by atoms with van der Waals surface area (Å²) in [5.74, 6) is -0.104. The molecule has 0 spiro atoms. The van der Waals surface area contributed by atoms with Gasteiger partial charge in [0.15, 0.2) is 0 Å². The summed E-state index contributed by atoms with van der Waals surface area (Å²) < 4.78 is 69.9. The maximum Gasteiger partial charge on any atom is 0.417 e. The van der Waals surface area contributed by atoms with Crippen LogP contribution in [0.2, 0.25) is 5.02 Å². The first-order valence-corrected chi connectivity index (χ1v) is 11.9. The van der Waals surface area contributed by atoms with Gasteiger partial charge < -0.3 is 10.1 Å². The number of sulfonamides is 1. The molecule has 3 aromatic carbocycles. The number of hydrogen-bond acceptors (Lipinski definition) is 4. The molecule has 0 saturated carbocycles. The molecule has 0 aliphatic rings. The first-order valence-electron chi connectivity index (χ1n) is 9.68. The van der Waals surface area contributed by atoms with E-state index in [2.05, 4.69) is 5.32 Å². The highest BCUT2D eigenvalue weighted by molar-refractivity contribution is 7.92. The Balaban J connectivity index is 1.61. The summed E-state index contributed by atoms with van der Waals surface area (Å²) in [5.41, 5.74) is -1.52. The number of fused-ring (bicyclic) bond motifs is 1. The van der Waals surface area contributed by atoms with Crippen LogP contribution in [-0.2, 0) is 21.0 Å². The van der Waals surface area contributed by atoms with Crippen molar-refractivity contribution in [1.29, 1.82) is 0 Å². The number of anilines is 1. The topological polar surface area (TPSA) is 75.7 Å². The number of rotatable bonds is 8. The van der Waals surface area contributed by atoms with Gasteiger partial charge in [-0.25, -0.2) is 8.42 Å². The molecule has 33 heavy (non-hydrogen) atoms. The van der Waals surface area contributed by atoms with E-state index in [0.29, 0.717) is 16.1 Å². The van der Waals surface area contributed by atoms with Crippen molar-refractivity contribution in [1.82, 2.24) is 5.32 Å². The van der Waals surface area contributed by atoms with Crippen LogP contribution in [0.4, 0.5) is 18.9 Å². The van der Waals surface area contributed by atoms with E-state index in [1.165, 1.54) is 0 Å². The highest BCUT2D eigenvalue weighted by Gasteiger charge is 2.34. The van der Waals surface area contributed by atoms with Crippen LogP contribution in [0, 0.1) is 0 Å². The number of carbonyl (C=O) groups is 1. The van der Waals surface area contributed by atoms with Crippen LogP contribution in [0.15, 0.2) is 60.7 Å². The van der Waals surface area contributed by atoms with E-state index in [9.17, 15) is 26.4 Å². The number of amides is 1. The highest BCUT2D eigenvalue weighted by atomic mass is 35.5. The van der Waals surface area contributed by atoms with Gasteiger partial charge in [-0.1, -0.05) is 41.9 Å². The van der Waals surface area contributed by atoms with E-state index < -0.39 is 39.2 Å². The molecule has 0 aromatic heterocycles. The molecule has 3 aromatic rings. The second-order valence-corrected chi connectivity index (χ2v) is 9.45. The molecule has 176 valence electrons. The van der Waals surface area contributed by atoms with Gasteiger partial charge in [0.05, 0.1) is 29.1 Å². The summed E-state index contributed by atoms with van der Waals surface area (Å²) in [6, 6.07) is 15.9. The van der Waals surface area contributed by atoms with Crippen LogP contribution in [0.25, 0.3) is 10.8 Å². The Hall–Kier alpha value is -2.98. The standard InChI is InChI=1S/C22H20ClF3N2O4S/c1-33(30,31)28(17-7-9-20(23)19(13-17)22(24,25)26)14-21(29)27-10-11-32-18-8-6-15-4-2-3-5-16(15)12-18/h2-9,12-13H,10-11,14H2,1H3,(H,27,29). The van der Waals surface area contributed by atoms with Gasteiger partial charge in [-0.15, -0.1) is 0 Å². The SMILES string of the molecule is CS(=O)(=O)N(CC(=O)NCCOc1ccc2ccccc2c1)c1ccc(Cl)c(C(F)(F)F)c1. The quantitative estimate of drug-likeness (QED) is 0.463. The maximum atomic E-state index is 13.1. The van der Waals surface area contributed by atoms with Gasteiger partial charge in [0.2, 0.25) is 15.9 Å². The molecule has 1 amide bonds. The molecular formula is C22H20ClF3N2O4S. The van der Waals surface area contributed by atoms with Crippen LogP contribution >= 0.6 is 11.6 Å². The van der Waals surface area contributed by atoms with E-state index in [1.54, 1.807) is 6.07 Å². The van der Waals surface area contributed by atoms with Gasteiger partial charge in [0.25, 0.3) is 0 Å². The lowest BCUT2D eigenvalue weighted by molar-refractivity contribution is -0.137. The lowest BCUT2D eigenvalue weighted by Crippen LogP contribution is -2.41. The summed E-state index contributed by atoms with van der Waals surface area (Å²) in [5, 5.41) is 3.97. The van der Waals surface area contributed by atoms with Gasteiger partial charge in [-0.2, -0.15) is 13.2 Å². The minimum absolute atomic E-state index is 0.0671. The van der Waals surface area contributed by atoms with Crippen LogP contribution < -0.4 is 14.4 Å². The summed E-state index contributed by atoms with van der Waals surface area (Å²) >= 11 is 5.59. The van der Waals surface area contributed by atoms with Crippen molar-refractivity contribution in [3.63, 3.8) is 0 Å². The normalized spacial score (nSPS) is 11.9. The molecule has 1 N–H and O–H groups in total. The zero-order valence-electron chi connectivity index (χ0n) is 17.4. The van der Waals surface area contributed by atoms with Crippen molar-refractivity contribution in [2.75, 3.05) is 30.3 Å². The molecule has 0 atom stereocenters. The Bertz CT molecular complexity index is 1270. The first kappa shape index (κ1) is 24.7. The molecule has 11 heteroatoms. The third-order valence-corrected chi connectivity index (χ3v) is 6.11. The average molecular weight is 501 g/mol. The maximum absolute atomic E-state index is 13.1. The van der Waals surface area contributed by atoms with Crippen LogP contribution in [0.5, 0.6) is 5.75 Å². The van der Waals surface area contributed by atoms with E-state index in [-0.39, 0.29) is 18.8 Å². The first-order chi connectivity index (χ1) is 15.4. The molecule has 0 radical (unpaired) electrons. The van der Waals surface area contributed by atoms with Crippen molar-refractivity contribution in [3.05, 3.63) is 71.2 Å². The van der Waals surface area contributed by atoms with Gasteiger partial charge in [0.1, 0.15) is 18.9 Å². The van der Waals surface area contributed by atoms with Crippen molar-refractivity contribution >= 4 is 44.0 Å². The van der Waals surface area contributed by atoms with E-state index in [1.807, 2.05) is 36.4 Å². The number of nitrogens with one attached hydrogen (secondary N) is 1. The summed E-state index contributed by atoms with van der Waals surface area (Å²) in [6.45, 7) is -0.520. The smallest absolute Gasteiger partial charge is 0.417 e. The van der Waals surface area contributed by atoms with Gasteiger partial charge >= 0.3 is 6.18 Å². The van der Waals surface area contributed by atoms with Crippen molar-refractivity contribution in [3.8, 4) is 5.75 Å². The number of alkyl halides is 3. The van der Waals surface area contributed by atoms with Gasteiger partial charge in [-0.05, 0) is 41.1 Å². The monoisotopic (exact) mass is 500 g/mol. The Morgan fingerprint density at radius 2 is 1.76 bits per heavy atom. The number of benzene rings is 3. The number of carbonyl (C=O) groups excluding carboxylic acids is 1. The van der Waals surface area contributed by atoms with Crippen LogP contribution in [0.1, 0.15) is 5.56 Å². The number of ether oxygens (including phenoxy) is 1. The minimum Gasteiger partial charge on any atom is -0.492 e. The fraction of sp³-hybridized carbons (Fsp3) is 0.227. The largest absolute Gasteiger partial charge is 0.492 e. The predicted octanol–water partition coefficient (Wildman–Crippen LogP) is 4.47. The molecule has 0 heterocycles. The molecule has 0 bridgehead atoms. The third kappa shape index (κ3) is 6.52. The van der Waals surface area contributed by atoms with Crippen molar-refractivity contribution in [2.24, 2.45) is 0 Å². The number of hydrogen-bond donors (Lipinski definition) is 1. The summed E-state index contributed by atoms with van der Waals surface area (Å²) in [7, 11) is -4.05. The Labute approximate surface area is 194 Å². The molecule has 0 aliphatic heterocycles. The van der Waals surface area contributed by atoms with Gasteiger partial charge in [0, 0.05) is 0 Å². The summed E-state index contributed by atoms with van der Waals surface area (Å²) in [6.07, 6.45) is -3.98. The zero-order chi connectivity index (χ0) is 24.2. The zero-order valence-corrected chi connectivity index (χ0v) is 19.0. The minimum atomic E-state index is -4.78. The van der Waals surface area contributed by atoms with Crippen LogP contribution in [-0.4, -0.2) is 40.3 Å². The molecule has 0 saturated heterocycles. The lowest BCUT2D eigenvalue weighted by Gasteiger charge is -2.23. The Kier molecular flexibility index (Phi) is 7.38. The second kappa shape index (κ2) is 9.88. The molecule has 0 unspecified atom stereocenters. The molecular weight excluding hydrogens is 481 g/mol. The third-order valence-electron chi connectivity index (χ3n) is 4.64. The van der Waals surface area contributed by atoms with E-state index >= 15 is 0 Å². The highest BCUT2D eigenvalue weighted by Crippen LogP contribution is 2.37. The second-order valence-electron chi connectivity index (χ2n) is 7.14. The molecule has 6 nitrogen and oxygen atoms in total. The van der Waals surface area contributed by atoms with Crippen LogP contribution in [0.3, 0.4) is 0 Å². The fourth-order valence-electron chi connectivity index (χ4n) is 3.09. The molecule has 0 fully saturated rings. The Morgan fingerprint density at radius 3 is 2.42 bits per heavy atom. The number of nitrogens with zero attached hydrogens (tertiary/aromatic N) is 1. The van der Waals surface area contributed by atoms with Crippen molar-refractivity contribution in [2.45, 2.75) is 6.18 Å². The number of halogens is 4. The predicted molar refractivity (Wildman–Crippen MR) is 121 cm³/mol. The molecule has 0 aliphatic carbocycles.